The van der Waals surface area contributed by atoms with Gasteiger partial charge in [-0.1, -0.05) is 60.2 Å². The number of thiazole rings is 1. The van der Waals surface area contributed by atoms with E-state index in [4.69, 9.17) is 21.1 Å². The molecule has 35 heavy (non-hydrogen) atoms. The summed E-state index contributed by atoms with van der Waals surface area (Å²) in [5.41, 5.74) is 2.08. The maximum Gasteiger partial charge on any atom is 0.338 e. The fraction of sp³-hybridized carbons (Fsp3) is 0.296. The first-order valence-electron chi connectivity index (χ1n) is 11.5. The number of nitrogens with zero attached hydrogens (tertiary/aromatic N) is 2. The molecule has 6 nitrogen and oxygen atoms in total. The second kappa shape index (κ2) is 10.6. The number of ether oxygens (including phenoxy) is 2. The van der Waals surface area contributed by atoms with Crippen molar-refractivity contribution in [2.75, 3.05) is 6.61 Å². The lowest BCUT2D eigenvalue weighted by Crippen LogP contribution is -2.40. The third-order valence-electron chi connectivity index (χ3n) is 5.81. The standard InChI is InChI=1S/C27H27ClN2O4S/c1-5-16(3)34-19-13-11-18(12-14-19)15-22-25(31)30-24(20-9-7-8-10-21(20)28)23(26(32)33-6-2)17(4)29-27(30)35-22/h7-16,24H,5-6H2,1-4H3/b22-15+/t16-,24+/m1/s1. The second-order valence-electron chi connectivity index (χ2n) is 8.23. The van der Waals surface area contributed by atoms with Crippen LogP contribution in [0.3, 0.4) is 0 Å². The zero-order valence-corrected chi connectivity index (χ0v) is 21.7. The number of hydrogen-bond donors (Lipinski definition) is 0. The zero-order valence-electron chi connectivity index (χ0n) is 20.1. The number of aromatic nitrogens is 1. The van der Waals surface area contributed by atoms with E-state index in [1.807, 2.05) is 55.5 Å². The summed E-state index contributed by atoms with van der Waals surface area (Å²) in [4.78, 5) is 31.7. The van der Waals surface area contributed by atoms with Crippen LogP contribution in [0.4, 0.5) is 0 Å². The van der Waals surface area contributed by atoms with Crippen molar-refractivity contribution in [2.45, 2.75) is 46.3 Å². The smallest absolute Gasteiger partial charge is 0.338 e. The fourth-order valence-corrected chi connectivity index (χ4v) is 5.18. The van der Waals surface area contributed by atoms with E-state index in [0.29, 0.717) is 31.2 Å². The molecular formula is C27H27ClN2O4S. The Balaban J connectivity index is 1.84. The zero-order chi connectivity index (χ0) is 25.1. The highest BCUT2D eigenvalue weighted by Gasteiger charge is 2.34. The van der Waals surface area contributed by atoms with Crippen molar-refractivity contribution in [1.29, 1.82) is 0 Å². The topological polar surface area (TPSA) is 69.9 Å². The quantitative estimate of drug-likeness (QED) is 0.434. The summed E-state index contributed by atoms with van der Waals surface area (Å²) in [6, 6.07) is 14.1. The largest absolute Gasteiger partial charge is 0.491 e. The summed E-state index contributed by atoms with van der Waals surface area (Å²) in [5, 5.41) is 0.459. The van der Waals surface area contributed by atoms with Crippen LogP contribution in [-0.4, -0.2) is 23.2 Å². The van der Waals surface area contributed by atoms with Crippen LogP contribution in [0.25, 0.3) is 6.08 Å². The molecule has 0 bridgehead atoms. The van der Waals surface area contributed by atoms with E-state index in [9.17, 15) is 9.59 Å². The maximum absolute atomic E-state index is 13.6. The average molecular weight is 511 g/mol. The molecule has 2 heterocycles. The van der Waals surface area contributed by atoms with Crippen LogP contribution in [-0.2, 0) is 9.53 Å². The number of carbonyl (C=O) groups excluding carboxylic acids is 1. The van der Waals surface area contributed by atoms with Gasteiger partial charge in [0.1, 0.15) is 11.8 Å². The summed E-state index contributed by atoms with van der Waals surface area (Å²) < 4.78 is 13.2. The van der Waals surface area contributed by atoms with Crippen molar-refractivity contribution in [3.63, 3.8) is 0 Å². The fourth-order valence-electron chi connectivity index (χ4n) is 3.89. The van der Waals surface area contributed by atoms with Gasteiger partial charge in [-0.25, -0.2) is 9.79 Å². The predicted octanol–water partition coefficient (Wildman–Crippen LogP) is 4.63. The van der Waals surface area contributed by atoms with Crippen LogP contribution in [0.5, 0.6) is 5.75 Å². The van der Waals surface area contributed by atoms with Gasteiger partial charge in [0.05, 0.1) is 28.5 Å². The molecule has 2 aromatic carbocycles. The number of allylic oxidation sites excluding steroid dienone is 1. The minimum Gasteiger partial charge on any atom is -0.491 e. The summed E-state index contributed by atoms with van der Waals surface area (Å²) in [5.74, 6) is 0.274. The summed E-state index contributed by atoms with van der Waals surface area (Å²) in [6.45, 7) is 7.81. The van der Waals surface area contributed by atoms with Crippen LogP contribution >= 0.6 is 22.9 Å². The van der Waals surface area contributed by atoms with Crippen molar-refractivity contribution < 1.29 is 14.3 Å². The Hall–Kier alpha value is -3.16. The number of halogens is 1. The monoisotopic (exact) mass is 510 g/mol. The van der Waals surface area contributed by atoms with Gasteiger partial charge < -0.3 is 9.47 Å². The normalized spacial score (nSPS) is 16.5. The Morgan fingerprint density at radius 2 is 1.91 bits per heavy atom. The first kappa shape index (κ1) is 24.9. The number of benzene rings is 2. The van der Waals surface area contributed by atoms with Crippen molar-refractivity contribution in [3.05, 3.63) is 95.6 Å². The van der Waals surface area contributed by atoms with E-state index >= 15 is 0 Å². The maximum atomic E-state index is 13.6. The molecule has 0 radical (unpaired) electrons. The van der Waals surface area contributed by atoms with Gasteiger partial charge in [-0.05, 0) is 62.6 Å². The van der Waals surface area contributed by atoms with Crippen LogP contribution in [0.15, 0.2) is 69.6 Å². The Bertz CT molecular complexity index is 1450. The molecule has 0 aliphatic carbocycles. The molecule has 4 rings (SSSR count). The van der Waals surface area contributed by atoms with Crippen molar-refractivity contribution >= 4 is 35.0 Å². The highest BCUT2D eigenvalue weighted by molar-refractivity contribution is 7.07. The Morgan fingerprint density at radius 1 is 1.20 bits per heavy atom. The van der Waals surface area contributed by atoms with Crippen molar-refractivity contribution in [1.82, 2.24) is 4.57 Å². The highest BCUT2D eigenvalue weighted by Crippen LogP contribution is 2.34. The molecule has 1 aliphatic rings. The summed E-state index contributed by atoms with van der Waals surface area (Å²) in [7, 11) is 0. The van der Waals surface area contributed by atoms with Gasteiger partial charge in [0.15, 0.2) is 4.80 Å². The van der Waals surface area contributed by atoms with Crippen molar-refractivity contribution in [3.8, 4) is 5.75 Å². The molecule has 0 amide bonds. The molecule has 0 spiro atoms. The van der Waals surface area contributed by atoms with E-state index in [-0.39, 0.29) is 18.3 Å². The molecular weight excluding hydrogens is 484 g/mol. The molecule has 1 aromatic heterocycles. The van der Waals surface area contributed by atoms with Gasteiger partial charge in [0.25, 0.3) is 5.56 Å². The van der Waals surface area contributed by atoms with E-state index in [0.717, 1.165) is 17.7 Å². The lowest BCUT2D eigenvalue weighted by atomic mass is 9.96. The molecule has 182 valence electrons. The molecule has 0 saturated heterocycles. The Morgan fingerprint density at radius 3 is 2.57 bits per heavy atom. The highest BCUT2D eigenvalue weighted by atomic mass is 35.5. The molecule has 2 atom stereocenters. The van der Waals surface area contributed by atoms with Gasteiger partial charge >= 0.3 is 5.97 Å². The number of fused-ring (bicyclic) bond motifs is 1. The first-order valence-corrected chi connectivity index (χ1v) is 12.7. The molecule has 0 unspecified atom stereocenters. The minimum absolute atomic E-state index is 0.131. The number of hydrogen-bond acceptors (Lipinski definition) is 6. The van der Waals surface area contributed by atoms with Crippen LogP contribution in [0, 0.1) is 0 Å². The Kier molecular flexibility index (Phi) is 7.57. The van der Waals surface area contributed by atoms with Gasteiger partial charge in [-0.3, -0.25) is 9.36 Å². The molecule has 1 aliphatic heterocycles. The lowest BCUT2D eigenvalue weighted by molar-refractivity contribution is -0.139. The van der Waals surface area contributed by atoms with Crippen molar-refractivity contribution in [2.24, 2.45) is 4.99 Å². The second-order valence-corrected chi connectivity index (χ2v) is 9.65. The van der Waals surface area contributed by atoms with E-state index < -0.39 is 12.0 Å². The van der Waals surface area contributed by atoms with E-state index in [1.54, 1.807) is 19.9 Å². The summed E-state index contributed by atoms with van der Waals surface area (Å²) >= 11 is 7.81. The van der Waals surface area contributed by atoms with Crippen LogP contribution < -0.4 is 19.6 Å². The average Bonchev–Trinajstić information content (AvgIpc) is 3.14. The third kappa shape index (κ3) is 5.11. The molecule has 0 fully saturated rings. The molecule has 3 aromatic rings. The molecule has 8 heteroatoms. The van der Waals surface area contributed by atoms with Crippen LogP contribution in [0.1, 0.15) is 51.3 Å². The van der Waals surface area contributed by atoms with Gasteiger partial charge in [0.2, 0.25) is 0 Å². The molecule has 0 saturated carbocycles. The van der Waals surface area contributed by atoms with Gasteiger partial charge in [-0.2, -0.15) is 0 Å². The van der Waals surface area contributed by atoms with Gasteiger partial charge in [0, 0.05) is 5.02 Å². The predicted molar refractivity (Wildman–Crippen MR) is 139 cm³/mol. The first-order chi connectivity index (χ1) is 16.8. The Labute approximate surface area is 212 Å². The van der Waals surface area contributed by atoms with E-state index in [2.05, 4.69) is 11.9 Å². The SMILES string of the molecule is CCOC(=O)C1=C(C)N=c2s/c(=C/c3ccc(O[C@H](C)CC)cc3)c(=O)n2[C@H]1c1ccccc1Cl. The lowest BCUT2D eigenvalue weighted by Gasteiger charge is -2.25. The van der Waals surface area contributed by atoms with Crippen LogP contribution in [0.2, 0.25) is 5.02 Å². The molecule has 0 N–H and O–H groups in total. The van der Waals surface area contributed by atoms with Gasteiger partial charge in [-0.15, -0.1) is 0 Å². The van der Waals surface area contributed by atoms with E-state index in [1.165, 1.54) is 15.9 Å². The minimum atomic E-state index is -0.729. The number of carbonyl (C=O) groups is 1. The summed E-state index contributed by atoms with van der Waals surface area (Å²) in [6.07, 6.45) is 2.87. The number of esters is 1. The number of rotatable bonds is 7. The third-order valence-corrected chi connectivity index (χ3v) is 7.13.